The van der Waals surface area contributed by atoms with Crippen LogP contribution in [0.1, 0.15) is 32.1 Å². The lowest BCUT2D eigenvalue weighted by Gasteiger charge is -2.08. The number of hydrogen-bond donors (Lipinski definition) is 1. The van der Waals surface area contributed by atoms with Crippen LogP contribution in [0, 0.1) is 7.11 Å². The Labute approximate surface area is 135 Å². The maximum atomic E-state index is 11.0. The number of rotatable bonds is 9. The van der Waals surface area contributed by atoms with Crippen LogP contribution in [-0.2, 0) is 4.74 Å². The van der Waals surface area contributed by atoms with Crippen LogP contribution in [-0.4, -0.2) is 17.5 Å². The molecule has 1 aromatic rings. The van der Waals surface area contributed by atoms with Crippen molar-refractivity contribution < 1.29 is 14.3 Å². The molecule has 0 aliphatic rings. The van der Waals surface area contributed by atoms with Gasteiger partial charge in [0.2, 0.25) is 0 Å². The fourth-order valence-corrected chi connectivity index (χ4v) is 2.04. The lowest BCUT2D eigenvalue weighted by Crippen LogP contribution is -2.09. The number of carbonyl (C=O) groups excluding carboxylic acids is 1. The monoisotopic (exact) mass is 332 g/mol. The number of unbranched alkanes of at least 4 members (excludes halogenated alkanes) is 3. The average molecular weight is 333 g/mol. The number of ether oxygens (including phenoxy) is 2. The lowest BCUT2D eigenvalue weighted by atomic mass is 10.2. The summed E-state index contributed by atoms with van der Waals surface area (Å²) in [6.45, 7) is 0.666. The zero-order valence-corrected chi connectivity index (χ0v) is 13.3. The van der Waals surface area contributed by atoms with Crippen molar-refractivity contribution in [1.29, 1.82) is 0 Å². The molecule has 6 heteroatoms. The van der Waals surface area contributed by atoms with Crippen LogP contribution in [0.15, 0.2) is 24.3 Å². The molecule has 1 rings (SSSR count). The molecule has 117 valence electrons. The second-order valence-corrected chi connectivity index (χ2v) is 5.80. The highest BCUT2D eigenvalue weighted by Crippen LogP contribution is 2.17. The molecule has 1 aromatic carbocycles. The number of benzene rings is 1. The van der Waals surface area contributed by atoms with E-state index in [2.05, 4.69) is 17.2 Å². The summed E-state index contributed by atoms with van der Waals surface area (Å²) in [5.74, 6) is 0.769. The van der Waals surface area contributed by atoms with Crippen LogP contribution in [0.2, 0.25) is 0 Å². The van der Waals surface area contributed by atoms with E-state index in [0.717, 1.165) is 37.9 Å². The summed E-state index contributed by atoms with van der Waals surface area (Å²) in [4.78, 5) is 10.7. The molecule has 0 atom stereocenters. The minimum absolute atomic E-state index is 0.255. The van der Waals surface area contributed by atoms with Crippen LogP contribution >= 0.6 is 23.2 Å². The predicted molar refractivity (Wildman–Crippen MR) is 86.0 cm³/mol. The maximum Gasteiger partial charge on any atom is 0.411 e. The third-order valence-corrected chi connectivity index (χ3v) is 3.25. The lowest BCUT2D eigenvalue weighted by molar-refractivity contribution is 0.199. The molecule has 0 aromatic heterocycles. The molecule has 0 fully saturated rings. The first-order chi connectivity index (χ1) is 10.1. The van der Waals surface area contributed by atoms with Crippen molar-refractivity contribution in [3.63, 3.8) is 0 Å². The first-order valence-corrected chi connectivity index (χ1v) is 7.73. The smallest absolute Gasteiger partial charge is 0.411 e. The molecule has 1 radical (unpaired) electrons. The summed E-state index contributed by atoms with van der Waals surface area (Å²) in [7, 11) is 3.03. The molecule has 0 bridgehead atoms. The molecule has 0 aliphatic heterocycles. The molecule has 4 nitrogen and oxygen atoms in total. The van der Waals surface area contributed by atoms with Gasteiger partial charge in [0, 0.05) is 5.69 Å². The third-order valence-electron chi connectivity index (χ3n) is 2.82. The Hall–Kier alpha value is -1.13. The molecule has 21 heavy (non-hydrogen) atoms. The number of hydrogen-bond acceptors (Lipinski definition) is 3. The first-order valence-electron chi connectivity index (χ1n) is 6.86. The zero-order chi connectivity index (χ0) is 15.5. The second kappa shape index (κ2) is 10.6. The topological polar surface area (TPSA) is 47.6 Å². The Morgan fingerprint density at radius 2 is 1.81 bits per heavy atom. The average Bonchev–Trinajstić information content (AvgIpc) is 2.47. The summed E-state index contributed by atoms with van der Waals surface area (Å²) < 4.78 is 9.87. The zero-order valence-electron chi connectivity index (χ0n) is 11.8. The van der Waals surface area contributed by atoms with Gasteiger partial charge in [-0.15, -0.1) is 23.2 Å². The van der Waals surface area contributed by atoms with Crippen LogP contribution in [0.3, 0.4) is 0 Å². The predicted octanol–water partition coefficient (Wildman–Crippen LogP) is 5.16. The van der Waals surface area contributed by atoms with Gasteiger partial charge in [0.25, 0.3) is 0 Å². The largest absolute Gasteiger partial charge is 0.494 e. The van der Waals surface area contributed by atoms with E-state index in [1.165, 1.54) is 0 Å². The summed E-state index contributed by atoms with van der Waals surface area (Å²) in [6, 6.07) is 7.08. The molecular formula is C15H20Cl2NO3. The summed E-state index contributed by atoms with van der Waals surface area (Å²) in [6.07, 6.45) is 4.47. The highest BCUT2D eigenvalue weighted by Gasteiger charge is 2.01. The molecule has 0 aliphatic carbocycles. The van der Waals surface area contributed by atoms with Gasteiger partial charge in [0.1, 0.15) is 17.7 Å². The van der Waals surface area contributed by atoms with Gasteiger partial charge in [-0.3, -0.25) is 5.32 Å². The highest BCUT2D eigenvalue weighted by atomic mass is 35.5. The van der Waals surface area contributed by atoms with Crippen LogP contribution in [0.25, 0.3) is 0 Å². The van der Waals surface area contributed by atoms with Crippen molar-refractivity contribution in [3.8, 4) is 5.75 Å². The van der Waals surface area contributed by atoms with Crippen molar-refractivity contribution in [1.82, 2.24) is 0 Å². The first kappa shape index (κ1) is 17.9. The van der Waals surface area contributed by atoms with Gasteiger partial charge in [-0.25, -0.2) is 4.79 Å². The standard InChI is InChI=1S/C15H20Cl2NO3/c1-20-15(19)18-12-7-9-13(10-8-12)21-11-5-3-2-4-6-14(16)17/h7-10,14H,1-6,11H2,(H,18,19). The minimum atomic E-state index is -0.597. The van der Waals surface area contributed by atoms with Crippen LogP contribution in [0.4, 0.5) is 10.5 Å². The van der Waals surface area contributed by atoms with Gasteiger partial charge >= 0.3 is 6.09 Å². The Morgan fingerprint density at radius 3 is 2.43 bits per heavy atom. The molecule has 1 amide bonds. The van der Waals surface area contributed by atoms with E-state index < -0.39 is 6.09 Å². The minimum Gasteiger partial charge on any atom is -0.494 e. The molecule has 0 saturated carbocycles. The molecule has 0 unspecified atom stereocenters. The van der Waals surface area contributed by atoms with Crippen molar-refractivity contribution >= 4 is 35.0 Å². The Morgan fingerprint density at radius 1 is 1.14 bits per heavy atom. The van der Waals surface area contributed by atoms with Gasteiger partial charge in [-0.05, 0) is 37.1 Å². The number of amides is 1. The molecule has 0 heterocycles. The van der Waals surface area contributed by atoms with Gasteiger partial charge in [-0.2, -0.15) is 0 Å². The normalized spacial score (nSPS) is 10.5. The summed E-state index contributed by atoms with van der Waals surface area (Å²) in [5.41, 5.74) is 0.632. The second-order valence-electron chi connectivity index (χ2n) is 4.52. The van der Waals surface area contributed by atoms with E-state index in [1.807, 2.05) is 0 Å². The van der Waals surface area contributed by atoms with E-state index in [1.54, 1.807) is 24.3 Å². The molecular weight excluding hydrogens is 313 g/mol. The SMILES string of the molecule is [CH2]OC(=O)Nc1ccc(OCCCCCCC(Cl)Cl)cc1. The number of anilines is 1. The van der Waals surface area contributed by atoms with Crippen LogP contribution < -0.4 is 10.1 Å². The third kappa shape index (κ3) is 8.68. The number of halogens is 2. The summed E-state index contributed by atoms with van der Waals surface area (Å²) >= 11 is 11.3. The number of alkyl halides is 2. The Balaban J connectivity index is 2.14. The van der Waals surface area contributed by atoms with Crippen molar-refractivity contribution in [2.45, 2.75) is 36.9 Å². The molecule has 0 spiro atoms. The number of carbonyl (C=O) groups is 1. The maximum absolute atomic E-state index is 11.0. The Bertz CT molecular complexity index is 410. The van der Waals surface area contributed by atoms with E-state index in [4.69, 9.17) is 27.9 Å². The van der Waals surface area contributed by atoms with Gasteiger partial charge in [0.15, 0.2) is 0 Å². The van der Waals surface area contributed by atoms with Crippen LogP contribution in [0.5, 0.6) is 5.75 Å². The van der Waals surface area contributed by atoms with E-state index in [0.29, 0.717) is 12.3 Å². The molecule has 0 saturated heterocycles. The number of nitrogens with one attached hydrogen (secondary N) is 1. The van der Waals surface area contributed by atoms with Gasteiger partial charge < -0.3 is 9.47 Å². The van der Waals surface area contributed by atoms with E-state index in [9.17, 15) is 4.79 Å². The summed E-state index contributed by atoms with van der Waals surface area (Å²) in [5, 5.41) is 2.52. The van der Waals surface area contributed by atoms with Crippen molar-refractivity contribution in [3.05, 3.63) is 31.4 Å². The highest BCUT2D eigenvalue weighted by molar-refractivity contribution is 6.44. The fraction of sp³-hybridized carbons (Fsp3) is 0.467. The Kier molecular flexibility index (Phi) is 9.02. The quantitative estimate of drug-likeness (QED) is 0.501. The van der Waals surface area contributed by atoms with Crippen molar-refractivity contribution in [2.75, 3.05) is 11.9 Å². The molecule has 1 N–H and O–H groups in total. The van der Waals surface area contributed by atoms with E-state index in [-0.39, 0.29) is 4.84 Å². The van der Waals surface area contributed by atoms with Gasteiger partial charge in [0.05, 0.1) is 6.61 Å². The van der Waals surface area contributed by atoms with E-state index >= 15 is 0 Å². The van der Waals surface area contributed by atoms with Gasteiger partial charge in [-0.1, -0.05) is 19.3 Å². The fourth-order valence-electron chi connectivity index (χ4n) is 1.73. The van der Waals surface area contributed by atoms with Crippen molar-refractivity contribution in [2.24, 2.45) is 0 Å².